The van der Waals surface area contributed by atoms with Crippen molar-refractivity contribution < 1.29 is 21.6 Å². The van der Waals surface area contributed by atoms with Gasteiger partial charge in [-0.2, -0.15) is 0 Å². The largest absolute Gasteiger partial charge is 0.348 e. The van der Waals surface area contributed by atoms with Gasteiger partial charge >= 0.3 is 0 Å². The average molecular weight is 459 g/mol. The van der Waals surface area contributed by atoms with Gasteiger partial charge in [0.05, 0.1) is 10.6 Å². The van der Waals surface area contributed by atoms with E-state index in [2.05, 4.69) is 10.0 Å². The van der Waals surface area contributed by atoms with Crippen LogP contribution in [0.5, 0.6) is 0 Å². The van der Waals surface area contributed by atoms with Crippen LogP contribution < -0.4 is 10.0 Å². The number of amides is 1. The molecule has 3 aromatic carbocycles. The maximum absolute atomic E-state index is 12.4. The third kappa shape index (κ3) is 6.66. The van der Waals surface area contributed by atoms with Gasteiger partial charge in [-0.05, 0) is 47.5 Å². The highest BCUT2D eigenvalue weighted by molar-refractivity contribution is 7.92. The Kier molecular flexibility index (Phi) is 6.77. The number of sulfonamides is 1. The Bertz CT molecular complexity index is 1250. The predicted octanol–water partition coefficient (Wildman–Crippen LogP) is 2.96. The van der Waals surface area contributed by atoms with Gasteiger partial charge in [0.25, 0.3) is 15.9 Å². The fourth-order valence-corrected chi connectivity index (χ4v) is 4.72. The molecule has 1 amide bonds. The Morgan fingerprint density at radius 1 is 0.774 bits per heavy atom. The molecule has 31 heavy (non-hydrogen) atoms. The van der Waals surface area contributed by atoms with E-state index in [9.17, 15) is 21.6 Å². The van der Waals surface area contributed by atoms with E-state index in [0.29, 0.717) is 16.8 Å². The number of carbonyl (C=O) groups is 1. The first-order chi connectivity index (χ1) is 14.6. The lowest BCUT2D eigenvalue weighted by molar-refractivity contribution is 0.0951. The molecule has 0 bridgehead atoms. The van der Waals surface area contributed by atoms with Crippen LogP contribution in [0, 0.1) is 0 Å². The van der Waals surface area contributed by atoms with E-state index < -0.39 is 19.9 Å². The second-order valence-corrected chi connectivity index (χ2v) is 10.9. The Labute approximate surface area is 182 Å². The second-order valence-electron chi connectivity index (χ2n) is 7.07. The summed E-state index contributed by atoms with van der Waals surface area (Å²) in [6.07, 6.45) is 1.18. The smallest absolute Gasteiger partial charge is 0.261 e. The fraction of sp³-hybridized carbons (Fsp3) is 0.136. The SMILES string of the molecule is CS(=O)(=O)Cc1ccc(CNC(=O)c2ccc(NS(=O)(=O)c3ccccc3)cc2)cc1. The zero-order valence-corrected chi connectivity index (χ0v) is 18.4. The monoisotopic (exact) mass is 458 g/mol. The van der Waals surface area contributed by atoms with Crippen molar-refractivity contribution in [1.29, 1.82) is 0 Å². The number of hydrogen-bond acceptors (Lipinski definition) is 5. The molecule has 0 fully saturated rings. The number of anilines is 1. The maximum atomic E-state index is 12.4. The quantitative estimate of drug-likeness (QED) is 0.539. The molecule has 0 aliphatic rings. The molecule has 0 aliphatic heterocycles. The molecule has 0 radical (unpaired) electrons. The van der Waals surface area contributed by atoms with E-state index in [1.807, 2.05) is 0 Å². The Balaban J connectivity index is 1.58. The summed E-state index contributed by atoms with van der Waals surface area (Å²) in [5, 5.41) is 2.78. The van der Waals surface area contributed by atoms with Gasteiger partial charge in [0.1, 0.15) is 0 Å². The van der Waals surface area contributed by atoms with E-state index >= 15 is 0 Å². The fourth-order valence-electron chi connectivity index (χ4n) is 2.84. The van der Waals surface area contributed by atoms with Gasteiger partial charge in [-0.15, -0.1) is 0 Å². The van der Waals surface area contributed by atoms with Crippen molar-refractivity contribution in [3.8, 4) is 0 Å². The lowest BCUT2D eigenvalue weighted by atomic mass is 10.1. The van der Waals surface area contributed by atoms with Crippen molar-refractivity contribution in [2.45, 2.75) is 17.2 Å². The minimum absolute atomic E-state index is 0.0278. The van der Waals surface area contributed by atoms with Crippen LogP contribution >= 0.6 is 0 Å². The van der Waals surface area contributed by atoms with E-state index in [1.54, 1.807) is 42.5 Å². The summed E-state index contributed by atoms with van der Waals surface area (Å²) in [4.78, 5) is 12.5. The lowest BCUT2D eigenvalue weighted by Crippen LogP contribution is -2.22. The predicted molar refractivity (Wildman–Crippen MR) is 120 cm³/mol. The van der Waals surface area contributed by atoms with E-state index in [4.69, 9.17) is 0 Å². The number of hydrogen-bond donors (Lipinski definition) is 2. The number of rotatable bonds is 8. The molecule has 9 heteroatoms. The third-order valence-electron chi connectivity index (χ3n) is 4.36. The highest BCUT2D eigenvalue weighted by Crippen LogP contribution is 2.16. The molecular formula is C22H22N2O5S2. The summed E-state index contributed by atoms with van der Waals surface area (Å²) in [6.45, 7) is 0.278. The van der Waals surface area contributed by atoms with Crippen molar-refractivity contribution in [2.24, 2.45) is 0 Å². The molecule has 0 saturated carbocycles. The van der Waals surface area contributed by atoms with Crippen LogP contribution in [0.2, 0.25) is 0 Å². The van der Waals surface area contributed by atoms with Gasteiger partial charge in [-0.25, -0.2) is 16.8 Å². The van der Waals surface area contributed by atoms with Crippen LogP contribution in [-0.2, 0) is 32.2 Å². The summed E-state index contributed by atoms with van der Waals surface area (Å²) in [7, 11) is -6.79. The molecule has 0 unspecified atom stereocenters. The lowest BCUT2D eigenvalue weighted by Gasteiger charge is -2.09. The van der Waals surface area contributed by atoms with Crippen molar-refractivity contribution in [3.63, 3.8) is 0 Å². The Morgan fingerprint density at radius 2 is 1.35 bits per heavy atom. The molecule has 0 spiro atoms. The Hall–Kier alpha value is -3.17. The van der Waals surface area contributed by atoms with E-state index in [0.717, 1.165) is 5.56 Å². The molecule has 3 aromatic rings. The molecular weight excluding hydrogens is 436 g/mol. The summed E-state index contributed by atoms with van der Waals surface area (Å²) < 4.78 is 49.9. The van der Waals surface area contributed by atoms with E-state index in [1.165, 1.54) is 42.7 Å². The first-order valence-electron chi connectivity index (χ1n) is 9.34. The van der Waals surface area contributed by atoms with Crippen LogP contribution in [-0.4, -0.2) is 29.0 Å². The second kappa shape index (κ2) is 9.32. The standard InChI is InChI=1S/C22H22N2O5S2/c1-30(26,27)16-18-9-7-17(8-10-18)15-23-22(25)19-11-13-20(14-12-19)24-31(28,29)21-5-3-2-4-6-21/h2-14,24H,15-16H2,1H3,(H,23,25). The van der Waals surface area contributed by atoms with Crippen molar-refractivity contribution in [1.82, 2.24) is 5.32 Å². The van der Waals surface area contributed by atoms with Crippen molar-refractivity contribution in [2.75, 3.05) is 11.0 Å². The average Bonchev–Trinajstić information content (AvgIpc) is 2.73. The summed E-state index contributed by atoms with van der Waals surface area (Å²) in [5.41, 5.74) is 2.25. The summed E-state index contributed by atoms with van der Waals surface area (Å²) in [5.74, 6) is -0.335. The zero-order valence-electron chi connectivity index (χ0n) is 16.8. The molecule has 0 aromatic heterocycles. The van der Waals surface area contributed by atoms with Crippen LogP contribution in [0.25, 0.3) is 0 Å². The minimum atomic E-state index is -3.70. The van der Waals surface area contributed by atoms with Crippen molar-refractivity contribution >= 4 is 31.5 Å². The summed E-state index contributed by atoms with van der Waals surface area (Å²) in [6, 6.07) is 21.1. The first-order valence-corrected chi connectivity index (χ1v) is 12.9. The van der Waals surface area contributed by atoms with E-state index in [-0.39, 0.29) is 23.1 Å². The van der Waals surface area contributed by atoms with Gasteiger partial charge in [0.15, 0.2) is 9.84 Å². The van der Waals surface area contributed by atoms with Gasteiger partial charge < -0.3 is 5.32 Å². The molecule has 162 valence electrons. The van der Waals surface area contributed by atoms with Gasteiger partial charge in [0, 0.05) is 24.1 Å². The highest BCUT2D eigenvalue weighted by Gasteiger charge is 2.14. The number of benzene rings is 3. The Morgan fingerprint density at radius 3 is 1.94 bits per heavy atom. The molecule has 0 heterocycles. The minimum Gasteiger partial charge on any atom is -0.348 e. The van der Waals surface area contributed by atoms with Crippen LogP contribution in [0.3, 0.4) is 0 Å². The van der Waals surface area contributed by atoms with Crippen LogP contribution in [0.1, 0.15) is 21.5 Å². The number of carbonyl (C=O) groups excluding carboxylic acids is 1. The molecule has 3 rings (SSSR count). The van der Waals surface area contributed by atoms with Gasteiger partial charge in [0.2, 0.25) is 0 Å². The topological polar surface area (TPSA) is 109 Å². The molecule has 0 saturated heterocycles. The normalized spacial score (nSPS) is 11.6. The molecule has 7 nitrogen and oxygen atoms in total. The number of sulfone groups is 1. The van der Waals surface area contributed by atoms with Crippen LogP contribution in [0.4, 0.5) is 5.69 Å². The molecule has 0 atom stereocenters. The van der Waals surface area contributed by atoms with Crippen LogP contribution in [0.15, 0.2) is 83.8 Å². The maximum Gasteiger partial charge on any atom is 0.261 e. The first kappa shape index (κ1) is 22.5. The van der Waals surface area contributed by atoms with Gasteiger partial charge in [-0.1, -0.05) is 42.5 Å². The van der Waals surface area contributed by atoms with Crippen molar-refractivity contribution in [3.05, 3.63) is 95.6 Å². The highest BCUT2D eigenvalue weighted by atomic mass is 32.2. The third-order valence-corrected chi connectivity index (χ3v) is 6.61. The zero-order chi connectivity index (χ0) is 22.5. The molecule has 2 N–H and O–H groups in total. The molecule has 0 aliphatic carbocycles. The number of nitrogens with one attached hydrogen (secondary N) is 2. The summed E-state index contributed by atoms with van der Waals surface area (Å²) >= 11 is 0. The van der Waals surface area contributed by atoms with Gasteiger partial charge in [-0.3, -0.25) is 9.52 Å².